The van der Waals surface area contributed by atoms with Crippen molar-refractivity contribution in [2.75, 3.05) is 13.1 Å². The number of benzene rings is 1. The smallest absolute Gasteiger partial charge is 0.326 e. The molecule has 0 saturated carbocycles. The molecule has 0 amide bonds. The summed E-state index contributed by atoms with van der Waals surface area (Å²) in [4.78, 5) is 36.2. The number of H-pyrrole nitrogens is 2. The van der Waals surface area contributed by atoms with Crippen molar-refractivity contribution in [1.29, 1.82) is 0 Å². The van der Waals surface area contributed by atoms with Crippen LogP contribution in [0.4, 0.5) is 5.69 Å². The summed E-state index contributed by atoms with van der Waals surface area (Å²) in [5, 5.41) is 3.91. The van der Waals surface area contributed by atoms with Crippen LogP contribution in [0, 0.1) is 4.91 Å². The van der Waals surface area contributed by atoms with Gasteiger partial charge in [-0.25, -0.2) is 9.78 Å². The maximum atomic E-state index is 12.7. The van der Waals surface area contributed by atoms with E-state index in [1.165, 1.54) is 0 Å². The third-order valence-electron chi connectivity index (χ3n) is 5.55. The number of aromatic amines is 2. The molecule has 0 unspecified atom stereocenters. The molecule has 8 heteroatoms. The average Bonchev–Trinajstić information content (AvgIpc) is 3.32. The third-order valence-corrected chi connectivity index (χ3v) is 5.55. The molecule has 5 rings (SSSR count). The summed E-state index contributed by atoms with van der Waals surface area (Å²) < 4.78 is 1.90. The second-order valence-corrected chi connectivity index (χ2v) is 7.35. The fourth-order valence-electron chi connectivity index (χ4n) is 4.28. The van der Waals surface area contributed by atoms with E-state index in [-0.39, 0.29) is 11.7 Å². The summed E-state index contributed by atoms with van der Waals surface area (Å²) in [6.45, 7) is 2.57. The summed E-state index contributed by atoms with van der Waals surface area (Å²) >= 11 is 0. The van der Waals surface area contributed by atoms with E-state index in [4.69, 9.17) is 0 Å². The summed E-state index contributed by atoms with van der Waals surface area (Å²) in [5.74, 6) is 0. The van der Waals surface area contributed by atoms with Gasteiger partial charge in [0.15, 0.2) is 0 Å². The number of piperidine rings is 1. The average molecular weight is 376 g/mol. The molecule has 0 radical (unpaired) electrons. The zero-order valence-corrected chi connectivity index (χ0v) is 15.3. The van der Waals surface area contributed by atoms with Crippen molar-refractivity contribution in [1.82, 2.24) is 24.4 Å². The highest BCUT2D eigenvalue weighted by molar-refractivity contribution is 6.00. The van der Waals surface area contributed by atoms with Gasteiger partial charge in [-0.2, -0.15) is 0 Å². The fourth-order valence-corrected chi connectivity index (χ4v) is 4.28. The van der Waals surface area contributed by atoms with Crippen molar-refractivity contribution in [3.63, 3.8) is 0 Å². The lowest BCUT2D eigenvalue weighted by Gasteiger charge is -2.33. The minimum absolute atomic E-state index is 0.0845. The number of imidazole rings is 1. The number of nitrogens with one attached hydrogen (secondary N) is 2. The number of fused-ring (bicyclic) bond motifs is 3. The van der Waals surface area contributed by atoms with Crippen molar-refractivity contribution in [3.05, 3.63) is 63.7 Å². The zero-order chi connectivity index (χ0) is 19.1. The van der Waals surface area contributed by atoms with Crippen molar-refractivity contribution in [2.45, 2.75) is 25.4 Å². The van der Waals surface area contributed by atoms with Gasteiger partial charge in [-0.1, -0.05) is 12.1 Å². The van der Waals surface area contributed by atoms with Crippen LogP contribution in [-0.4, -0.2) is 37.5 Å². The van der Waals surface area contributed by atoms with Crippen molar-refractivity contribution in [2.24, 2.45) is 5.18 Å². The Kier molecular flexibility index (Phi) is 4.05. The molecule has 3 aromatic heterocycles. The highest BCUT2D eigenvalue weighted by Gasteiger charge is 2.25. The Morgan fingerprint density at radius 2 is 2.07 bits per heavy atom. The predicted octanol–water partition coefficient (Wildman–Crippen LogP) is 3.44. The van der Waals surface area contributed by atoms with E-state index in [2.05, 4.69) is 25.0 Å². The molecule has 1 aromatic carbocycles. The van der Waals surface area contributed by atoms with Gasteiger partial charge in [0.05, 0.1) is 23.3 Å². The lowest BCUT2D eigenvalue weighted by Crippen LogP contribution is -2.38. The molecule has 142 valence electrons. The Hall–Kier alpha value is -3.26. The first kappa shape index (κ1) is 16.9. The van der Waals surface area contributed by atoms with Gasteiger partial charge in [-0.3, -0.25) is 9.47 Å². The number of aromatic nitrogens is 4. The highest BCUT2D eigenvalue weighted by Crippen LogP contribution is 2.28. The number of likely N-dealkylation sites (tertiary alicyclic amines) is 1. The molecule has 4 heterocycles. The molecular formula is C20H20N6O2. The third kappa shape index (κ3) is 2.82. The second kappa shape index (κ2) is 6.72. The van der Waals surface area contributed by atoms with Gasteiger partial charge in [-0.15, -0.1) is 4.91 Å². The predicted molar refractivity (Wildman–Crippen MR) is 108 cm³/mol. The molecule has 0 spiro atoms. The van der Waals surface area contributed by atoms with Crippen LogP contribution in [0.3, 0.4) is 0 Å². The van der Waals surface area contributed by atoms with E-state index in [1.54, 1.807) is 18.3 Å². The molecule has 0 aliphatic carbocycles. The van der Waals surface area contributed by atoms with Crippen LogP contribution >= 0.6 is 0 Å². The van der Waals surface area contributed by atoms with Gasteiger partial charge in [0.1, 0.15) is 11.3 Å². The highest BCUT2D eigenvalue weighted by atomic mass is 16.3. The summed E-state index contributed by atoms with van der Waals surface area (Å²) in [5.41, 5.74) is 3.97. The van der Waals surface area contributed by atoms with E-state index in [9.17, 15) is 9.70 Å². The standard InChI is InChI=1S/C20H20N6O2/c27-20-23-17-10-22-19-16(7-8-21-19)18(17)26(20)15-2-1-9-25(12-15)11-13-3-5-14(24-28)6-4-13/h3-8,10,15H,1-2,9,11-12H2,(H,21,22)(H,23,27)/t15-/m1/s1. The molecule has 1 atom stereocenters. The number of nitroso groups, excluding NO2 is 1. The van der Waals surface area contributed by atoms with Gasteiger partial charge in [0.25, 0.3) is 0 Å². The topological polar surface area (TPSA) is 99.1 Å². The first-order valence-electron chi connectivity index (χ1n) is 9.44. The van der Waals surface area contributed by atoms with Crippen molar-refractivity contribution >= 4 is 27.8 Å². The minimum Gasteiger partial charge on any atom is -0.346 e. The van der Waals surface area contributed by atoms with Gasteiger partial charge in [0, 0.05) is 24.7 Å². The molecule has 1 fully saturated rings. The van der Waals surface area contributed by atoms with Crippen LogP contribution in [0.15, 0.2) is 52.7 Å². The summed E-state index contributed by atoms with van der Waals surface area (Å²) in [7, 11) is 0. The van der Waals surface area contributed by atoms with Crippen molar-refractivity contribution in [3.8, 4) is 0 Å². The first-order chi connectivity index (χ1) is 13.7. The van der Waals surface area contributed by atoms with Gasteiger partial charge >= 0.3 is 5.69 Å². The second-order valence-electron chi connectivity index (χ2n) is 7.35. The maximum absolute atomic E-state index is 12.7. The summed E-state index contributed by atoms with van der Waals surface area (Å²) in [6, 6.07) is 9.43. The van der Waals surface area contributed by atoms with Gasteiger partial charge in [0.2, 0.25) is 0 Å². The Balaban J connectivity index is 1.46. The number of hydrogen-bond donors (Lipinski definition) is 2. The minimum atomic E-state index is -0.0845. The van der Waals surface area contributed by atoms with Crippen molar-refractivity contribution < 1.29 is 0 Å². The van der Waals surface area contributed by atoms with Crippen LogP contribution in [0.5, 0.6) is 0 Å². The molecule has 4 aromatic rings. The van der Waals surface area contributed by atoms with Gasteiger partial charge < -0.3 is 9.97 Å². The molecule has 1 aliphatic rings. The lowest BCUT2D eigenvalue weighted by molar-refractivity contribution is 0.170. The molecule has 28 heavy (non-hydrogen) atoms. The molecular weight excluding hydrogens is 356 g/mol. The quantitative estimate of drug-likeness (QED) is 0.533. The lowest BCUT2D eigenvalue weighted by atomic mass is 10.0. The van der Waals surface area contributed by atoms with Crippen LogP contribution < -0.4 is 5.69 Å². The van der Waals surface area contributed by atoms with Crippen LogP contribution in [-0.2, 0) is 6.54 Å². The van der Waals surface area contributed by atoms with E-state index in [0.29, 0.717) is 5.69 Å². The Labute approximate surface area is 160 Å². The molecule has 1 aliphatic heterocycles. The van der Waals surface area contributed by atoms with Crippen LogP contribution in [0.2, 0.25) is 0 Å². The SMILES string of the molecule is O=Nc1ccc(CN2CCC[C@@H](n3c(=O)[nH]c4cnc5[nH]ccc5c43)C2)cc1. The molecule has 2 N–H and O–H groups in total. The van der Waals surface area contributed by atoms with E-state index in [0.717, 1.165) is 60.1 Å². The van der Waals surface area contributed by atoms with E-state index >= 15 is 0 Å². The number of rotatable bonds is 4. The fraction of sp³-hybridized carbons (Fsp3) is 0.300. The molecule has 0 bridgehead atoms. The maximum Gasteiger partial charge on any atom is 0.326 e. The summed E-state index contributed by atoms with van der Waals surface area (Å²) in [6.07, 6.45) is 5.56. The normalized spacial score (nSPS) is 18.1. The zero-order valence-electron chi connectivity index (χ0n) is 15.3. The Bertz CT molecular complexity index is 1200. The number of pyridine rings is 1. The number of hydrogen-bond acceptors (Lipinski definition) is 5. The Morgan fingerprint density at radius 1 is 1.21 bits per heavy atom. The Morgan fingerprint density at radius 3 is 2.89 bits per heavy atom. The van der Waals surface area contributed by atoms with E-state index in [1.807, 2.05) is 29.0 Å². The monoisotopic (exact) mass is 376 g/mol. The number of nitrogens with zero attached hydrogens (tertiary/aromatic N) is 4. The van der Waals surface area contributed by atoms with E-state index < -0.39 is 0 Å². The van der Waals surface area contributed by atoms with Gasteiger partial charge in [-0.05, 0) is 48.3 Å². The largest absolute Gasteiger partial charge is 0.346 e. The molecule has 8 nitrogen and oxygen atoms in total. The van der Waals surface area contributed by atoms with Crippen LogP contribution in [0.1, 0.15) is 24.4 Å². The van der Waals surface area contributed by atoms with Crippen LogP contribution in [0.25, 0.3) is 22.1 Å². The first-order valence-corrected chi connectivity index (χ1v) is 9.44. The molecule has 1 saturated heterocycles.